The number of pyridine rings is 1. The fourth-order valence-corrected chi connectivity index (χ4v) is 4.77. The number of likely N-dealkylation sites (tertiary alicyclic amines) is 1. The number of aromatic nitrogens is 2. The predicted octanol–water partition coefficient (Wildman–Crippen LogP) is 6.18. The number of rotatable bonds is 6. The van der Waals surface area contributed by atoms with Crippen LogP contribution in [-0.4, -0.2) is 47.4 Å². The largest absolute Gasteiger partial charge is 0.444 e. The Labute approximate surface area is 189 Å². The number of ether oxygens (including phenoxy) is 2. The van der Waals surface area contributed by atoms with E-state index in [-0.39, 0.29) is 12.1 Å². The van der Waals surface area contributed by atoms with E-state index >= 15 is 0 Å². The van der Waals surface area contributed by atoms with Crippen molar-refractivity contribution in [3.05, 3.63) is 28.5 Å². The maximum Gasteiger partial charge on any atom is 0.410 e. The van der Waals surface area contributed by atoms with Gasteiger partial charge in [-0.2, -0.15) is 0 Å². The maximum atomic E-state index is 12.8. The van der Waals surface area contributed by atoms with Crippen LogP contribution < -0.4 is 0 Å². The average Bonchev–Trinajstić information content (AvgIpc) is 3.20. The summed E-state index contributed by atoms with van der Waals surface area (Å²) >= 11 is 3.54. The number of fused-ring (bicyclic) bond motifs is 1. The molecule has 2 aromatic rings. The summed E-state index contributed by atoms with van der Waals surface area (Å²) in [7, 11) is -1.15. The first-order valence-corrected chi connectivity index (χ1v) is 15.2. The fraction of sp³-hybridized carbons (Fsp3) is 0.636. The minimum atomic E-state index is -1.15. The first-order chi connectivity index (χ1) is 13.9. The van der Waals surface area contributed by atoms with Crippen LogP contribution in [0, 0.1) is 0 Å². The van der Waals surface area contributed by atoms with Crippen molar-refractivity contribution in [2.45, 2.75) is 77.7 Å². The summed E-state index contributed by atoms with van der Waals surface area (Å²) < 4.78 is 14.9. The Balaban J connectivity index is 1.89. The van der Waals surface area contributed by atoms with E-state index in [0.29, 0.717) is 13.3 Å². The molecule has 3 rings (SSSR count). The second-order valence-corrected chi connectivity index (χ2v) is 16.8. The number of carbonyl (C=O) groups excluding carboxylic acids is 1. The molecule has 1 saturated heterocycles. The molecule has 0 unspecified atom stereocenters. The zero-order valence-electron chi connectivity index (χ0n) is 19.0. The predicted molar refractivity (Wildman–Crippen MR) is 126 cm³/mol. The Hall–Kier alpha value is -1.38. The molecule has 0 radical (unpaired) electrons. The van der Waals surface area contributed by atoms with Crippen LogP contribution in [0.1, 0.15) is 45.3 Å². The highest BCUT2D eigenvalue weighted by Gasteiger charge is 2.35. The van der Waals surface area contributed by atoms with Gasteiger partial charge in [0.2, 0.25) is 0 Å². The minimum Gasteiger partial charge on any atom is -0.444 e. The second kappa shape index (κ2) is 9.00. The Morgan fingerprint density at radius 1 is 1.30 bits per heavy atom. The van der Waals surface area contributed by atoms with Crippen molar-refractivity contribution in [3.8, 4) is 0 Å². The molecule has 1 aliphatic rings. The van der Waals surface area contributed by atoms with Crippen LogP contribution in [0.4, 0.5) is 4.79 Å². The SMILES string of the molecule is CC(C)(C)OC(=O)N1CCC[C@@H]1c1cc2ncc(Br)cc2n1COCC[Si](C)(C)C. The van der Waals surface area contributed by atoms with E-state index in [9.17, 15) is 4.79 Å². The molecule has 0 saturated carbocycles. The van der Waals surface area contributed by atoms with Crippen molar-refractivity contribution in [1.29, 1.82) is 0 Å². The molecule has 30 heavy (non-hydrogen) atoms. The average molecular weight is 497 g/mol. The van der Waals surface area contributed by atoms with Gasteiger partial charge in [0.05, 0.1) is 17.1 Å². The van der Waals surface area contributed by atoms with E-state index in [1.807, 2.05) is 31.9 Å². The zero-order valence-corrected chi connectivity index (χ0v) is 21.6. The van der Waals surface area contributed by atoms with Gasteiger partial charge >= 0.3 is 6.09 Å². The summed E-state index contributed by atoms with van der Waals surface area (Å²) in [6.07, 6.45) is 3.42. The Kier molecular flexibility index (Phi) is 6.99. The number of hydrogen-bond acceptors (Lipinski definition) is 4. The Morgan fingerprint density at radius 2 is 2.03 bits per heavy atom. The second-order valence-electron chi connectivity index (χ2n) is 10.2. The summed E-state index contributed by atoms with van der Waals surface area (Å²) in [6.45, 7) is 14.7. The van der Waals surface area contributed by atoms with Crippen LogP contribution in [0.15, 0.2) is 22.8 Å². The first-order valence-electron chi connectivity index (χ1n) is 10.7. The highest BCUT2D eigenvalue weighted by molar-refractivity contribution is 9.10. The number of hydrogen-bond donors (Lipinski definition) is 0. The van der Waals surface area contributed by atoms with Crippen molar-refractivity contribution < 1.29 is 14.3 Å². The lowest BCUT2D eigenvalue weighted by atomic mass is 10.1. The van der Waals surface area contributed by atoms with E-state index in [4.69, 9.17) is 9.47 Å². The van der Waals surface area contributed by atoms with Gasteiger partial charge in [-0.1, -0.05) is 19.6 Å². The molecule has 2 aromatic heterocycles. The molecular formula is C22H34BrN3O3Si. The zero-order chi connectivity index (χ0) is 22.1. The molecule has 0 bridgehead atoms. The molecule has 8 heteroatoms. The van der Waals surface area contributed by atoms with Gasteiger partial charge in [-0.15, -0.1) is 0 Å². The third-order valence-electron chi connectivity index (χ3n) is 5.19. The standard InChI is InChI=1S/C22H34BrN3O3Si/c1-22(2,3)29-21(27)25-9-7-8-18(25)20-13-17-19(12-16(23)14-24-17)26(20)15-28-10-11-30(4,5)6/h12-14,18H,7-11,15H2,1-6H3/t18-/m1/s1. The van der Waals surface area contributed by atoms with Gasteiger partial charge in [0.1, 0.15) is 12.3 Å². The molecule has 166 valence electrons. The molecule has 1 aliphatic heterocycles. The normalized spacial score (nSPS) is 17.7. The smallest absolute Gasteiger partial charge is 0.410 e. The summed E-state index contributed by atoms with van der Waals surface area (Å²) in [6, 6.07) is 5.25. The lowest BCUT2D eigenvalue weighted by Crippen LogP contribution is -2.37. The third-order valence-corrected chi connectivity index (χ3v) is 7.33. The molecule has 0 N–H and O–H groups in total. The molecule has 6 nitrogen and oxygen atoms in total. The number of nitrogens with zero attached hydrogens (tertiary/aromatic N) is 3. The van der Waals surface area contributed by atoms with Crippen molar-refractivity contribution in [2.75, 3.05) is 13.2 Å². The summed E-state index contributed by atoms with van der Waals surface area (Å²) in [5, 5.41) is 0. The Morgan fingerprint density at radius 3 is 2.70 bits per heavy atom. The molecule has 3 heterocycles. The van der Waals surface area contributed by atoms with Crippen LogP contribution in [-0.2, 0) is 16.2 Å². The molecule has 0 spiro atoms. The van der Waals surface area contributed by atoms with Crippen molar-refractivity contribution in [3.63, 3.8) is 0 Å². The minimum absolute atomic E-state index is 0.0339. The van der Waals surface area contributed by atoms with E-state index < -0.39 is 13.7 Å². The molecule has 1 amide bonds. The van der Waals surface area contributed by atoms with E-state index in [1.54, 1.807) is 0 Å². The first kappa shape index (κ1) is 23.3. The molecule has 1 fully saturated rings. The van der Waals surface area contributed by atoms with Crippen LogP contribution in [0.5, 0.6) is 0 Å². The van der Waals surface area contributed by atoms with Crippen LogP contribution in [0.25, 0.3) is 11.0 Å². The lowest BCUT2D eigenvalue weighted by molar-refractivity contribution is 0.0209. The van der Waals surface area contributed by atoms with Gasteiger partial charge < -0.3 is 14.0 Å². The number of carbonyl (C=O) groups is 1. The molecule has 0 aliphatic carbocycles. The summed E-state index contributed by atoms with van der Waals surface area (Å²) in [5.74, 6) is 0. The van der Waals surface area contributed by atoms with Crippen LogP contribution >= 0.6 is 15.9 Å². The van der Waals surface area contributed by atoms with Gasteiger partial charge in [0.25, 0.3) is 0 Å². The summed E-state index contributed by atoms with van der Waals surface area (Å²) in [4.78, 5) is 19.3. The van der Waals surface area contributed by atoms with E-state index in [0.717, 1.165) is 46.7 Å². The maximum absolute atomic E-state index is 12.8. The van der Waals surface area contributed by atoms with Gasteiger partial charge in [0, 0.05) is 37.6 Å². The molecular weight excluding hydrogens is 462 g/mol. The molecule has 0 aromatic carbocycles. The summed E-state index contributed by atoms with van der Waals surface area (Å²) in [5.41, 5.74) is 2.48. The topological polar surface area (TPSA) is 56.6 Å². The van der Waals surface area contributed by atoms with Crippen molar-refractivity contribution >= 4 is 41.1 Å². The van der Waals surface area contributed by atoms with Gasteiger partial charge in [-0.25, -0.2) is 4.79 Å². The van der Waals surface area contributed by atoms with Crippen molar-refractivity contribution in [1.82, 2.24) is 14.5 Å². The number of halogens is 1. The van der Waals surface area contributed by atoms with Gasteiger partial charge in [-0.3, -0.25) is 9.88 Å². The van der Waals surface area contributed by atoms with E-state index in [1.165, 1.54) is 0 Å². The quantitative estimate of drug-likeness (QED) is 0.354. The molecule has 1 atom stereocenters. The monoisotopic (exact) mass is 495 g/mol. The van der Waals surface area contributed by atoms with E-state index in [2.05, 4.69) is 57.3 Å². The number of amides is 1. The third kappa shape index (κ3) is 5.86. The highest BCUT2D eigenvalue weighted by Crippen LogP contribution is 2.36. The lowest BCUT2D eigenvalue weighted by Gasteiger charge is -2.29. The van der Waals surface area contributed by atoms with Crippen LogP contribution in [0.2, 0.25) is 25.7 Å². The van der Waals surface area contributed by atoms with Gasteiger partial charge in [0.15, 0.2) is 0 Å². The van der Waals surface area contributed by atoms with Crippen molar-refractivity contribution in [2.24, 2.45) is 0 Å². The Bertz CT molecular complexity index is 901. The fourth-order valence-electron chi connectivity index (χ4n) is 3.69. The van der Waals surface area contributed by atoms with Crippen LogP contribution in [0.3, 0.4) is 0 Å². The highest BCUT2D eigenvalue weighted by atomic mass is 79.9. The van der Waals surface area contributed by atoms with Gasteiger partial charge in [-0.05, 0) is 67.7 Å².